The van der Waals surface area contributed by atoms with E-state index in [1.165, 1.54) is 0 Å². The van der Waals surface area contributed by atoms with E-state index in [1.54, 1.807) is 18.2 Å². The first-order valence-electron chi connectivity index (χ1n) is 7.98. The summed E-state index contributed by atoms with van der Waals surface area (Å²) in [6.45, 7) is 9.96. The van der Waals surface area contributed by atoms with Gasteiger partial charge in [-0.3, -0.25) is 4.90 Å². The summed E-state index contributed by atoms with van der Waals surface area (Å²) in [5.74, 6) is 0.716. The van der Waals surface area contributed by atoms with Crippen molar-refractivity contribution in [1.82, 2.24) is 9.62 Å². The fourth-order valence-electron chi connectivity index (χ4n) is 2.65. The van der Waals surface area contributed by atoms with Crippen molar-refractivity contribution in [1.29, 1.82) is 0 Å². The largest absolute Gasteiger partial charge is 0.494 e. The van der Waals surface area contributed by atoms with E-state index in [9.17, 15) is 8.42 Å². The van der Waals surface area contributed by atoms with Crippen molar-refractivity contribution in [2.24, 2.45) is 0 Å². The molecule has 0 aliphatic carbocycles. The summed E-state index contributed by atoms with van der Waals surface area (Å²) in [7, 11) is -3.53. The van der Waals surface area contributed by atoms with E-state index in [1.807, 2.05) is 20.8 Å². The van der Waals surface area contributed by atoms with E-state index in [2.05, 4.69) is 9.62 Å². The summed E-state index contributed by atoms with van der Waals surface area (Å²) < 4.78 is 38.5. The predicted octanol–water partition coefficient (Wildman–Crippen LogP) is 1.39. The van der Waals surface area contributed by atoms with Crippen LogP contribution >= 0.6 is 0 Å². The number of hydrogen-bond acceptors (Lipinski definition) is 5. The van der Waals surface area contributed by atoms with Gasteiger partial charge in [-0.1, -0.05) is 0 Å². The maximum absolute atomic E-state index is 12.5. The molecule has 0 bridgehead atoms. The molecule has 0 spiro atoms. The number of benzene rings is 1. The van der Waals surface area contributed by atoms with Crippen molar-refractivity contribution in [3.63, 3.8) is 0 Å². The molecular weight excluding hydrogens is 316 g/mol. The lowest BCUT2D eigenvalue weighted by Crippen LogP contribution is -2.45. The Morgan fingerprint density at radius 1 is 1.35 bits per heavy atom. The highest BCUT2D eigenvalue weighted by atomic mass is 32.2. The Balaban J connectivity index is 2.01. The summed E-state index contributed by atoms with van der Waals surface area (Å²) in [6.07, 6.45) is 0. The lowest BCUT2D eigenvalue weighted by molar-refractivity contribution is 0.0354. The second kappa shape index (κ2) is 8.10. The lowest BCUT2D eigenvalue weighted by Gasteiger charge is -2.29. The molecule has 23 heavy (non-hydrogen) atoms. The Hall–Kier alpha value is -1.15. The number of hydrogen-bond donors (Lipinski definition) is 1. The molecule has 1 aromatic rings. The van der Waals surface area contributed by atoms with E-state index in [0.717, 1.165) is 18.7 Å². The van der Waals surface area contributed by atoms with Crippen LogP contribution < -0.4 is 9.46 Å². The van der Waals surface area contributed by atoms with Gasteiger partial charge in [-0.25, -0.2) is 13.1 Å². The molecule has 0 amide bonds. The fraction of sp³-hybridized carbons (Fsp3) is 0.625. The fourth-order valence-corrected chi connectivity index (χ4v) is 3.97. The Labute approximate surface area is 138 Å². The van der Waals surface area contributed by atoms with E-state index in [0.29, 0.717) is 32.1 Å². The highest BCUT2D eigenvalue weighted by Crippen LogP contribution is 2.22. The molecule has 6 nitrogen and oxygen atoms in total. The number of sulfonamides is 1. The molecule has 1 heterocycles. The Morgan fingerprint density at radius 2 is 2.04 bits per heavy atom. The molecule has 1 aromatic carbocycles. The highest BCUT2D eigenvalue weighted by molar-refractivity contribution is 7.89. The van der Waals surface area contributed by atoms with Gasteiger partial charge in [0.15, 0.2) is 0 Å². The molecule has 1 atom stereocenters. The molecular formula is C16H26N2O4S. The molecule has 2 rings (SSSR count). The van der Waals surface area contributed by atoms with Crippen LogP contribution in [0.25, 0.3) is 0 Å². The summed E-state index contributed by atoms with van der Waals surface area (Å²) >= 11 is 0. The van der Waals surface area contributed by atoms with Crippen molar-refractivity contribution in [3.05, 3.63) is 23.8 Å². The highest BCUT2D eigenvalue weighted by Gasteiger charge is 2.21. The molecule has 1 aliphatic heterocycles. The third-order valence-corrected chi connectivity index (χ3v) is 5.34. The van der Waals surface area contributed by atoms with Crippen LogP contribution in [-0.4, -0.2) is 58.8 Å². The predicted molar refractivity (Wildman–Crippen MR) is 89.4 cm³/mol. The van der Waals surface area contributed by atoms with Crippen molar-refractivity contribution in [2.45, 2.75) is 31.7 Å². The van der Waals surface area contributed by atoms with Crippen LogP contribution in [0.15, 0.2) is 23.1 Å². The standard InChI is InChI=1S/C16H26N2O4S/c1-4-22-16-6-5-15(11-13(16)2)23(19,20)17-14(3)12-18-7-9-21-10-8-18/h5-6,11,14,17H,4,7-10,12H2,1-3H3/t14-/m0/s1. The molecule has 0 unspecified atom stereocenters. The van der Waals surface area contributed by atoms with E-state index < -0.39 is 10.0 Å². The second-order valence-corrected chi connectivity index (χ2v) is 7.51. The molecule has 7 heteroatoms. The molecule has 1 saturated heterocycles. The van der Waals surface area contributed by atoms with Crippen LogP contribution in [0.2, 0.25) is 0 Å². The quantitative estimate of drug-likeness (QED) is 0.811. The number of morpholine rings is 1. The molecule has 0 aromatic heterocycles. The summed E-state index contributed by atoms with van der Waals surface area (Å²) in [6, 6.07) is 4.78. The molecule has 0 saturated carbocycles. The topological polar surface area (TPSA) is 67.9 Å². The third kappa shape index (κ3) is 5.17. The SMILES string of the molecule is CCOc1ccc(S(=O)(=O)N[C@@H](C)CN2CCOCC2)cc1C. The van der Waals surface area contributed by atoms with Crippen molar-refractivity contribution < 1.29 is 17.9 Å². The smallest absolute Gasteiger partial charge is 0.240 e. The lowest BCUT2D eigenvalue weighted by atomic mass is 10.2. The first-order chi connectivity index (χ1) is 10.9. The van der Waals surface area contributed by atoms with Gasteiger partial charge in [0.25, 0.3) is 0 Å². The van der Waals surface area contributed by atoms with Crippen LogP contribution in [0, 0.1) is 6.92 Å². The van der Waals surface area contributed by atoms with Crippen LogP contribution in [0.5, 0.6) is 5.75 Å². The minimum Gasteiger partial charge on any atom is -0.494 e. The minimum atomic E-state index is -3.53. The Bertz CT molecular complexity index is 613. The molecule has 130 valence electrons. The van der Waals surface area contributed by atoms with Gasteiger partial charge in [-0.2, -0.15) is 0 Å². The van der Waals surface area contributed by atoms with Gasteiger partial charge >= 0.3 is 0 Å². The van der Waals surface area contributed by atoms with Crippen LogP contribution in [-0.2, 0) is 14.8 Å². The first-order valence-corrected chi connectivity index (χ1v) is 9.46. The number of aryl methyl sites for hydroxylation is 1. The van der Waals surface area contributed by atoms with Crippen LogP contribution in [0.1, 0.15) is 19.4 Å². The Kier molecular flexibility index (Phi) is 6.41. The monoisotopic (exact) mass is 342 g/mol. The first kappa shape index (κ1) is 18.2. The van der Waals surface area contributed by atoms with E-state index >= 15 is 0 Å². The van der Waals surface area contributed by atoms with Crippen molar-refractivity contribution in [3.8, 4) is 5.75 Å². The maximum atomic E-state index is 12.5. The van der Waals surface area contributed by atoms with Gasteiger partial charge in [0.05, 0.1) is 24.7 Å². The van der Waals surface area contributed by atoms with Gasteiger partial charge < -0.3 is 9.47 Å². The van der Waals surface area contributed by atoms with Gasteiger partial charge in [-0.15, -0.1) is 0 Å². The van der Waals surface area contributed by atoms with Crippen LogP contribution in [0.4, 0.5) is 0 Å². The minimum absolute atomic E-state index is 0.162. The molecule has 0 radical (unpaired) electrons. The number of rotatable bonds is 7. The maximum Gasteiger partial charge on any atom is 0.240 e. The average Bonchev–Trinajstić information content (AvgIpc) is 2.49. The number of nitrogens with one attached hydrogen (secondary N) is 1. The molecule has 1 fully saturated rings. The second-order valence-electron chi connectivity index (χ2n) is 5.80. The summed E-state index contributed by atoms with van der Waals surface area (Å²) in [5.41, 5.74) is 0.815. The molecule has 1 N–H and O–H groups in total. The van der Waals surface area contributed by atoms with Crippen LogP contribution in [0.3, 0.4) is 0 Å². The average molecular weight is 342 g/mol. The molecule has 1 aliphatic rings. The summed E-state index contributed by atoms with van der Waals surface area (Å²) in [4.78, 5) is 2.48. The summed E-state index contributed by atoms with van der Waals surface area (Å²) in [5, 5.41) is 0. The van der Waals surface area contributed by atoms with Gasteiger partial charge in [-0.05, 0) is 44.5 Å². The van der Waals surface area contributed by atoms with Gasteiger partial charge in [0.1, 0.15) is 5.75 Å². The van der Waals surface area contributed by atoms with Gasteiger partial charge in [0, 0.05) is 25.7 Å². The van der Waals surface area contributed by atoms with Crippen molar-refractivity contribution >= 4 is 10.0 Å². The normalized spacial score (nSPS) is 17.9. The number of nitrogens with zero attached hydrogens (tertiary/aromatic N) is 1. The van der Waals surface area contributed by atoms with E-state index in [-0.39, 0.29) is 10.9 Å². The zero-order valence-corrected chi connectivity index (χ0v) is 14.9. The third-order valence-electron chi connectivity index (χ3n) is 3.75. The zero-order valence-electron chi connectivity index (χ0n) is 14.0. The van der Waals surface area contributed by atoms with Gasteiger partial charge in [0.2, 0.25) is 10.0 Å². The zero-order chi connectivity index (χ0) is 16.9. The van der Waals surface area contributed by atoms with E-state index in [4.69, 9.17) is 9.47 Å². The Morgan fingerprint density at radius 3 is 2.65 bits per heavy atom. The number of ether oxygens (including phenoxy) is 2. The van der Waals surface area contributed by atoms with Crippen molar-refractivity contribution in [2.75, 3.05) is 39.5 Å².